The van der Waals surface area contributed by atoms with Crippen LogP contribution in [0, 0.1) is 28.6 Å². The van der Waals surface area contributed by atoms with Crippen molar-refractivity contribution in [3.63, 3.8) is 0 Å². The van der Waals surface area contributed by atoms with Crippen LogP contribution in [0.5, 0.6) is 0 Å². The van der Waals surface area contributed by atoms with Gasteiger partial charge in [-0.2, -0.15) is 15.6 Å². The quantitative estimate of drug-likeness (QED) is 0.805. The second-order valence-corrected chi connectivity index (χ2v) is 4.54. The summed E-state index contributed by atoms with van der Waals surface area (Å²) in [5.74, 6) is -0.477. The van der Waals surface area contributed by atoms with Crippen molar-refractivity contribution in [2.45, 2.75) is 12.0 Å². The van der Waals surface area contributed by atoms with Crippen LogP contribution in [0.3, 0.4) is 0 Å². The molecule has 1 aliphatic carbocycles. The molecule has 4 heteroatoms. The molecule has 0 saturated carbocycles. The topological polar surface area (TPSA) is 72.0 Å². The zero-order valence-corrected chi connectivity index (χ0v) is 9.59. The van der Waals surface area contributed by atoms with Crippen LogP contribution in [0.15, 0.2) is 41.5 Å². The van der Waals surface area contributed by atoms with Crippen molar-refractivity contribution in [3.8, 4) is 12.1 Å². The van der Waals surface area contributed by atoms with Crippen LogP contribution < -0.4 is 5.43 Å². The molecule has 2 unspecified atom stereocenters. The molecule has 3 rings (SSSR count). The molecule has 1 spiro atoms. The molecule has 0 aromatic heterocycles. The van der Waals surface area contributed by atoms with E-state index >= 15 is 0 Å². The molecule has 4 nitrogen and oxygen atoms in total. The number of nitriles is 2. The second kappa shape index (κ2) is 3.72. The van der Waals surface area contributed by atoms with E-state index in [0.717, 1.165) is 12.0 Å². The van der Waals surface area contributed by atoms with Gasteiger partial charge in [-0.05, 0) is 11.1 Å². The van der Waals surface area contributed by atoms with E-state index in [9.17, 15) is 5.26 Å². The standard InChI is InChI=1S/C14H10N4/c15-8-12-13(9-16)17-18-14(12)6-11(7-14)10-4-2-1-3-5-10/h1-6,12,18H,7H2. The average molecular weight is 234 g/mol. The molecule has 1 N–H and O–H groups in total. The Morgan fingerprint density at radius 3 is 2.61 bits per heavy atom. The summed E-state index contributed by atoms with van der Waals surface area (Å²) in [6.45, 7) is 0. The summed E-state index contributed by atoms with van der Waals surface area (Å²) in [6, 6.07) is 14.2. The van der Waals surface area contributed by atoms with Crippen molar-refractivity contribution in [2.75, 3.05) is 0 Å². The van der Waals surface area contributed by atoms with E-state index in [1.54, 1.807) is 0 Å². The van der Waals surface area contributed by atoms with Gasteiger partial charge in [0.2, 0.25) is 0 Å². The average Bonchev–Trinajstić information content (AvgIpc) is 2.76. The van der Waals surface area contributed by atoms with E-state index in [0.29, 0.717) is 0 Å². The Kier molecular flexibility index (Phi) is 2.18. The van der Waals surface area contributed by atoms with Gasteiger partial charge in [0.25, 0.3) is 0 Å². The van der Waals surface area contributed by atoms with Gasteiger partial charge >= 0.3 is 0 Å². The van der Waals surface area contributed by atoms with E-state index in [4.69, 9.17) is 5.26 Å². The Bertz CT molecular complexity index is 630. The lowest BCUT2D eigenvalue weighted by molar-refractivity contribution is 0.392. The first-order chi connectivity index (χ1) is 8.79. The molecule has 2 atom stereocenters. The first kappa shape index (κ1) is 10.6. The molecule has 0 radical (unpaired) electrons. The van der Waals surface area contributed by atoms with Gasteiger partial charge in [0.15, 0.2) is 5.71 Å². The van der Waals surface area contributed by atoms with Crippen molar-refractivity contribution in [3.05, 3.63) is 42.0 Å². The molecule has 18 heavy (non-hydrogen) atoms. The van der Waals surface area contributed by atoms with Crippen LogP contribution in [-0.4, -0.2) is 11.3 Å². The Morgan fingerprint density at radius 1 is 1.28 bits per heavy atom. The van der Waals surface area contributed by atoms with Gasteiger partial charge in [0, 0.05) is 6.42 Å². The minimum absolute atomic E-state index is 0.279. The Balaban J connectivity index is 1.90. The number of benzene rings is 1. The van der Waals surface area contributed by atoms with Gasteiger partial charge in [-0.25, -0.2) is 0 Å². The van der Waals surface area contributed by atoms with Crippen LogP contribution in [-0.2, 0) is 0 Å². The van der Waals surface area contributed by atoms with Crippen molar-refractivity contribution in [1.82, 2.24) is 5.43 Å². The predicted octanol–water partition coefficient (Wildman–Crippen LogP) is 1.84. The van der Waals surface area contributed by atoms with Gasteiger partial charge in [-0.15, -0.1) is 0 Å². The fourth-order valence-electron chi connectivity index (χ4n) is 2.50. The highest BCUT2D eigenvalue weighted by atomic mass is 15.4. The number of nitrogens with zero attached hydrogens (tertiary/aromatic N) is 3. The lowest BCUT2D eigenvalue weighted by atomic mass is 9.68. The van der Waals surface area contributed by atoms with Gasteiger partial charge in [-0.3, -0.25) is 5.43 Å². The number of hydrogen-bond donors (Lipinski definition) is 1. The molecule has 1 aromatic carbocycles. The highest BCUT2D eigenvalue weighted by molar-refractivity contribution is 6.05. The zero-order valence-electron chi connectivity index (χ0n) is 9.59. The molecule has 0 saturated heterocycles. The summed E-state index contributed by atoms with van der Waals surface area (Å²) in [5.41, 5.74) is 5.10. The van der Waals surface area contributed by atoms with E-state index in [1.807, 2.05) is 42.5 Å². The number of rotatable bonds is 1. The Morgan fingerprint density at radius 2 is 2.00 bits per heavy atom. The van der Waals surface area contributed by atoms with E-state index in [-0.39, 0.29) is 5.71 Å². The number of hydrogen-bond acceptors (Lipinski definition) is 4. The van der Waals surface area contributed by atoms with E-state index < -0.39 is 11.5 Å². The molecule has 86 valence electrons. The van der Waals surface area contributed by atoms with Crippen LogP contribution in [0.25, 0.3) is 5.57 Å². The molecule has 1 heterocycles. The van der Waals surface area contributed by atoms with E-state index in [1.165, 1.54) is 5.57 Å². The van der Waals surface area contributed by atoms with Gasteiger partial charge in [0.05, 0.1) is 11.6 Å². The van der Waals surface area contributed by atoms with Crippen LogP contribution in [0.4, 0.5) is 0 Å². The van der Waals surface area contributed by atoms with Crippen LogP contribution >= 0.6 is 0 Å². The van der Waals surface area contributed by atoms with Crippen LogP contribution in [0.2, 0.25) is 0 Å². The molecule has 1 aliphatic heterocycles. The second-order valence-electron chi connectivity index (χ2n) is 4.54. The Labute approximate surface area is 105 Å². The lowest BCUT2D eigenvalue weighted by Crippen LogP contribution is -2.49. The monoisotopic (exact) mass is 234 g/mol. The SMILES string of the molecule is N#CC1=NNC2(C=C(c3ccccc3)C2)C1C#N. The summed E-state index contributed by atoms with van der Waals surface area (Å²) in [4.78, 5) is 0. The summed E-state index contributed by atoms with van der Waals surface area (Å²) < 4.78 is 0. The molecule has 0 fully saturated rings. The molecule has 0 bridgehead atoms. The maximum Gasteiger partial charge on any atom is 0.157 e. The summed E-state index contributed by atoms with van der Waals surface area (Å²) >= 11 is 0. The van der Waals surface area contributed by atoms with Crippen molar-refractivity contribution in [2.24, 2.45) is 11.0 Å². The van der Waals surface area contributed by atoms with Gasteiger partial charge in [-0.1, -0.05) is 36.4 Å². The third-order valence-electron chi connectivity index (χ3n) is 3.48. The third-order valence-corrected chi connectivity index (χ3v) is 3.48. The molecule has 2 aliphatic rings. The lowest BCUT2D eigenvalue weighted by Gasteiger charge is -2.38. The third kappa shape index (κ3) is 1.33. The highest BCUT2D eigenvalue weighted by Crippen LogP contribution is 2.44. The largest absolute Gasteiger partial charge is 0.297 e. The number of hydrazone groups is 1. The summed E-state index contributed by atoms with van der Waals surface area (Å²) in [7, 11) is 0. The fourth-order valence-corrected chi connectivity index (χ4v) is 2.50. The first-order valence-electron chi connectivity index (χ1n) is 5.71. The van der Waals surface area contributed by atoms with E-state index in [2.05, 4.69) is 16.6 Å². The van der Waals surface area contributed by atoms with Crippen molar-refractivity contribution >= 4 is 11.3 Å². The minimum atomic E-state index is -0.477. The molecular formula is C14H10N4. The number of nitrogens with one attached hydrogen (secondary N) is 1. The minimum Gasteiger partial charge on any atom is -0.297 e. The maximum absolute atomic E-state index is 9.17. The zero-order chi connectivity index (χ0) is 12.6. The maximum atomic E-state index is 9.17. The smallest absolute Gasteiger partial charge is 0.157 e. The normalized spacial score (nSPS) is 28.4. The van der Waals surface area contributed by atoms with Crippen molar-refractivity contribution in [1.29, 1.82) is 10.5 Å². The van der Waals surface area contributed by atoms with Crippen molar-refractivity contribution < 1.29 is 0 Å². The highest BCUT2D eigenvalue weighted by Gasteiger charge is 2.50. The van der Waals surface area contributed by atoms with Gasteiger partial charge in [0.1, 0.15) is 12.0 Å². The van der Waals surface area contributed by atoms with Gasteiger partial charge < -0.3 is 0 Å². The Hall–Kier alpha value is -2.59. The predicted molar refractivity (Wildman–Crippen MR) is 67.1 cm³/mol. The molecule has 0 amide bonds. The molecular weight excluding hydrogens is 224 g/mol. The summed E-state index contributed by atoms with van der Waals surface area (Å²) in [5, 5.41) is 22.0. The van der Waals surface area contributed by atoms with Crippen LogP contribution in [0.1, 0.15) is 12.0 Å². The summed E-state index contributed by atoms with van der Waals surface area (Å²) in [6.07, 6.45) is 2.74. The molecule has 1 aromatic rings. The fraction of sp³-hybridized carbons (Fsp3) is 0.214. The first-order valence-corrected chi connectivity index (χ1v) is 5.71.